The van der Waals surface area contributed by atoms with E-state index in [-0.39, 0.29) is 16.9 Å². The molecule has 0 bridgehead atoms. The molecule has 0 saturated carbocycles. The number of fused-ring (bicyclic) bond motifs is 3. The Morgan fingerprint density at radius 1 is 1.23 bits per heavy atom. The number of benzene rings is 1. The molecule has 0 fully saturated rings. The normalized spacial score (nSPS) is 14.4. The second kappa shape index (κ2) is 5.07. The number of nitrogens with one attached hydrogen (secondary N) is 1. The van der Waals surface area contributed by atoms with Crippen LogP contribution in [0, 0.1) is 0 Å². The van der Waals surface area contributed by atoms with Crippen molar-refractivity contribution >= 4 is 40.0 Å². The summed E-state index contributed by atoms with van der Waals surface area (Å²) < 4.78 is 5.21. The molecule has 0 aliphatic carbocycles. The molecule has 1 N–H and O–H groups in total. The molecule has 0 radical (unpaired) electrons. The zero-order chi connectivity index (χ0) is 15.3. The van der Waals surface area contributed by atoms with E-state index in [1.807, 2.05) is 18.2 Å². The van der Waals surface area contributed by atoms with Crippen LogP contribution in [0.4, 0.5) is 0 Å². The fourth-order valence-electron chi connectivity index (χ4n) is 2.97. The van der Waals surface area contributed by atoms with Crippen LogP contribution in [0.15, 0.2) is 34.7 Å². The van der Waals surface area contributed by atoms with Gasteiger partial charge in [-0.05, 0) is 53.9 Å². The van der Waals surface area contributed by atoms with Gasteiger partial charge in [-0.1, -0.05) is 11.6 Å². The molecule has 6 heteroatoms. The number of hydrogen-bond donors (Lipinski definition) is 1. The van der Waals surface area contributed by atoms with Gasteiger partial charge in [0.1, 0.15) is 0 Å². The van der Waals surface area contributed by atoms with E-state index in [9.17, 15) is 4.79 Å². The van der Waals surface area contributed by atoms with Crippen LogP contribution >= 0.6 is 23.2 Å². The van der Waals surface area contributed by atoms with E-state index in [0.717, 1.165) is 28.0 Å². The number of nitrogens with zero attached hydrogens (tertiary/aromatic N) is 1. The standard InChI is InChI=1S/C16H12Cl2N2O2/c17-9-1-2-12-11(7-9)10-5-6-20(8-13(10)19-12)16(21)14-3-4-15(18)22-14/h1-4,7,19H,5-6,8H2. The summed E-state index contributed by atoms with van der Waals surface area (Å²) >= 11 is 11.8. The number of carbonyl (C=O) groups is 1. The van der Waals surface area contributed by atoms with Crippen LogP contribution in [0.2, 0.25) is 10.2 Å². The summed E-state index contributed by atoms with van der Waals surface area (Å²) in [4.78, 5) is 17.6. The summed E-state index contributed by atoms with van der Waals surface area (Å²) in [5.74, 6) is 0.127. The molecule has 2 aromatic heterocycles. The Balaban J connectivity index is 1.67. The van der Waals surface area contributed by atoms with Crippen molar-refractivity contribution in [2.24, 2.45) is 0 Å². The number of H-pyrrole nitrogens is 1. The van der Waals surface area contributed by atoms with Gasteiger partial charge in [0, 0.05) is 28.2 Å². The second-order valence-electron chi connectivity index (χ2n) is 5.35. The first-order chi connectivity index (χ1) is 10.6. The van der Waals surface area contributed by atoms with E-state index in [0.29, 0.717) is 13.1 Å². The highest BCUT2D eigenvalue weighted by Crippen LogP contribution is 2.30. The number of aromatic nitrogens is 1. The van der Waals surface area contributed by atoms with Crippen LogP contribution < -0.4 is 0 Å². The molecule has 4 rings (SSSR count). The Hall–Kier alpha value is -1.91. The number of amides is 1. The molecule has 3 heterocycles. The maximum absolute atomic E-state index is 12.4. The largest absolute Gasteiger partial charge is 0.440 e. The molecule has 112 valence electrons. The molecular weight excluding hydrogens is 323 g/mol. The van der Waals surface area contributed by atoms with Gasteiger partial charge in [0.2, 0.25) is 0 Å². The topological polar surface area (TPSA) is 49.2 Å². The van der Waals surface area contributed by atoms with Gasteiger partial charge in [-0.25, -0.2) is 0 Å². The molecule has 1 aliphatic heterocycles. The van der Waals surface area contributed by atoms with Gasteiger partial charge in [-0.3, -0.25) is 4.79 Å². The minimum absolute atomic E-state index is 0.144. The average Bonchev–Trinajstić information content (AvgIpc) is 3.09. The van der Waals surface area contributed by atoms with Crippen molar-refractivity contribution in [1.29, 1.82) is 0 Å². The van der Waals surface area contributed by atoms with Crippen LogP contribution in [0.25, 0.3) is 10.9 Å². The summed E-state index contributed by atoms with van der Waals surface area (Å²) in [6, 6.07) is 8.98. The molecule has 1 amide bonds. The lowest BCUT2D eigenvalue weighted by atomic mass is 10.0. The van der Waals surface area contributed by atoms with E-state index in [2.05, 4.69) is 4.98 Å². The van der Waals surface area contributed by atoms with Crippen LogP contribution in [0.5, 0.6) is 0 Å². The van der Waals surface area contributed by atoms with Crippen LogP contribution in [0.3, 0.4) is 0 Å². The van der Waals surface area contributed by atoms with E-state index in [1.54, 1.807) is 17.0 Å². The Labute approximate surface area is 136 Å². The molecular formula is C16H12Cl2N2O2. The van der Waals surface area contributed by atoms with Gasteiger partial charge >= 0.3 is 0 Å². The van der Waals surface area contributed by atoms with Crippen molar-refractivity contribution in [3.63, 3.8) is 0 Å². The summed E-state index contributed by atoms with van der Waals surface area (Å²) in [6.07, 6.45) is 0.788. The molecule has 4 nitrogen and oxygen atoms in total. The third kappa shape index (κ3) is 2.19. The van der Waals surface area contributed by atoms with Gasteiger partial charge in [0.05, 0.1) is 6.54 Å². The first-order valence-electron chi connectivity index (χ1n) is 6.95. The van der Waals surface area contributed by atoms with Gasteiger partial charge in [0.25, 0.3) is 5.91 Å². The Bertz CT molecular complexity index is 882. The first-order valence-corrected chi connectivity index (χ1v) is 7.71. The third-order valence-electron chi connectivity index (χ3n) is 4.01. The molecule has 22 heavy (non-hydrogen) atoms. The predicted octanol–water partition coefficient (Wildman–Crippen LogP) is 4.27. The molecule has 3 aromatic rings. The lowest BCUT2D eigenvalue weighted by Crippen LogP contribution is -2.35. The number of carbonyl (C=O) groups excluding carboxylic acids is 1. The van der Waals surface area contributed by atoms with E-state index >= 15 is 0 Å². The summed E-state index contributed by atoms with van der Waals surface area (Å²) in [7, 11) is 0. The number of aromatic amines is 1. The molecule has 0 saturated heterocycles. The second-order valence-corrected chi connectivity index (χ2v) is 6.16. The maximum atomic E-state index is 12.4. The fraction of sp³-hybridized carbons (Fsp3) is 0.188. The van der Waals surface area contributed by atoms with Crippen molar-refractivity contribution in [2.75, 3.05) is 6.54 Å². The maximum Gasteiger partial charge on any atom is 0.289 e. The summed E-state index contributed by atoms with van der Waals surface area (Å²) in [5, 5.41) is 2.08. The van der Waals surface area contributed by atoms with E-state index < -0.39 is 0 Å². The third-order valence-corrected chi connectivity index (χ3v) is 4.45. The minimum Gasteiger partial charge on any atom is -0.440 e. The zero-order valence-electron chi connectivity index (χ0n) is 11.5. The predicted molar refractivity (Wildman–Crippen MR) is 85.5 cm³/mol. The van der Waals surface area contributed by atoms with Crippen molar-refractivity contribution in [1.82, 2.24) is 9.88 Å². The summed E-state index contributed by atoms with van der Waals surface area (Å²) in [6.45, 7) is 1.17. The Kier molecular flexibility index (Phi) is 3.17. The number of furan rings is 1. The van der Waals surface area contributed by atoms with Gasteiger partial charge in [0.15, 0.2) is 11.0 Å². The molecule has 1 aromatic carbocycles. The Morgan fingerprint density at radius 3 is 2.86 bits per heavy atom. The molecule has 0 spiro atoms. The van der Waals surface area contributed by atoms with E-state index in [4.69, 9.17) is 27.6 Å². The quantitative estimate of drug-likeness (QED) is 0.722. The lowest BCUT2D eigenvalue weighted by molar-refractivity contribution is 0.0701. The number of halogens is 2. The van der Waals surface area contributed by atoms with Gasteiger partial charge in [-0.2, -0.15) is 0 Å². The smallest absolute Gasteiger partial charge is 0.289 e. The monoisotopic (exact) mass is 334 g/mol. The van der Waals surface area contributed by atoms with Crippen molar-refractivity contribution in [2.45, 2.75) is 13.0 Å². The molecule has 1 aliphatic rings. The number of hydrogen-bond acceptors (Lipinski definition) is 2. The summed E-state index contributed by atoms with van der Waals surface area (Å²) in [5.41, 5.74) is 3.33. The SMILES string of the molecule is O=C(c1ccc(Cl)o1)N1CCc2c([nH]c3ccc(Cl)cc23)C1. The van der Waals surface area contributed by atoms with Crippen molar-refractivity contribution in [3.8, 4) is 0 Å². The van der Waals surface area contributed by atoms with Crippen LogP contribution in [-0.2, 0) is 13.0 Å². The van der Waals surface area contributed by atoms with Crippen molar-refractivity contribution < 1.29 is 9.21 Å². The van der Waals surface area contributed by atoms with Crippen LogP contribution in [-0.4, -0.2) is 22.3 Å². The van der Waals surface area contributed by atoms with Gasteiger partial charge in [-0.15, -0.1) is 0 Å². The highest BCUT2D eigenvalue weighted by Gasteiger charge is 2.26. The molecule has 0 unspecified atom stereocenters. The minimum atomic E-state index is -0.144. The molecule has 0 atom stereocenters. The van der Waals surface area contributed by atoms with Crippen molar-refractivity contribution in [3.05, 3.63) is 57.6 Å². The van der Waals surface area contributed by atoms with E-state index in [1.165, 1.54) is 5.56 Å². The highest BCUT2D eigenvalue weighted by atomic mass is 35.5. The Morgan fingerprint density at radius 2 is 2.09 bits per heavy atom. The zero-order valence-corrected chi connectivity index (χ0v) is 13.0. The van der Waals surface area contributed by atoms with Crippen LogP contribution in [0.1, 0.15) is 21.8 Å². The lowest BCUT2D eigenvalue weighted by Gasteiger charge is -2.26. The fourth-order valence-corrected chi connectivity index (χ4v) is 3.29. The first kappa shape index (κ1) is 13.7. The average molecular weight is 335 g/mol. The van der Waals surface area contributed by atoms with Gasteiger partial charge < -0.3 is 14.3 Å². The highest BCUT2D eigenvalue weighted by molar-refractivity contribution is 6.31. The number of rotatable bonds is 1.